The molecule has 7 heteroatoms. The summed E-state index contributed by atoms with van der Waals surface area (Å²) in [6.07, 6.45) is 0. The van der Waals surface area contributed by atoms with Gasteiger partial charge in [0.15, 0.2) is 11.5 Å². The molecule has 2 rings (SSSR count). The Morgan fingerprint density at radius 1 is 1.22 bits per heavy atom. The van der Waals surface area contributed by atoms with E-state index in [4.69, 9.17) is 9.47 Å². The molecule has 0 aliphatic heterocycles. The second-order valence-corrected chi connectivity index (χ2v) is 6.76. The van der Waals surface area contributed by atoms with Crippen LogP contribution >= 0.6 is 15.9 Å². The van der Waals surface area contributed by atoms with Crippen LogP contribution in [0, 0.1) is 0 Å². The highest BCUT2D eigenvalue weighted by atomic mass is 79.9. The molecule has 0 bridgehead atoms. The van der Waals surface area contributed by atoms with Crippen LogP contribution < -0.4 is 14.8 Å². The highest BCUT2D eigenvalue weighted by molar-refractivity contribution is 9.10. The van der Waals surface area contributed by atoms with E-state index in [2.05, 4.69) is 21.2 Å². The molecule has 144 valence electrons. The van der Waals surface area contributed by atoms with Crippen LogP contribution in [0.25, 0.3) is 0 Å². The zero-order chi connectivity index (χ0) is 20.0. The zero-order valence-corrected chi connectivity index (χ0v) is 17.4. The Balaban J connectivity index is 2.28. The maximum atomic E-state index is 12.8. The van der Waals surface area contributed by atoms with Crippen LogP contribution in [-0.2, 0) is 11.3 Å². The summed E-state index contributed by atoms with van der Waals surface area (Å²) in [5, 5.41) is 2.91. The standard InChI is InChI=1S/C20H23BrN2O4/c1-5-27-19-16(21)10-15(11-18(19)26-4)20(25)22-17-9-7-6-8-14(17)12-23(3)13(2)24/h6-11H,5,12H2,1-4H3,(H,22,25). The van der Waals surface area contributed by atoms with E-state index in [1.165, 1.54) is 14.0 Å². The number of nitrogens with one attached hydrogen (secondary N) is 1. The van der Waals surface area contributed by atoms with Gasteiger partial charge < -0.3 is 19.7 Å². The molecule has 2 amide bonds. The number of carbonyl (C=O) groups is 2. The number of ether oxygens (including phenoxy) is 2. The van der Waals surface area contributed by atoms with Crippen molar-refractivity contribution in [3.05, 3.63) is 52.0 Å². The van der Waals surface area contributed by atoms with Gasteiger partial charge in [-0.2, -0.15) is 0 Å². The van der Waals surface area contributed by atoms with Crippen LogP contribution in [0.15, 0.2) is 40.9 Å². The first-order chi connectivity index (χ1) is 12.9. The Bertz CT molecular complexity index is 839. The van der Waals surface area contributed by atoms with E-state index < -0.39 is 0 Å². The van der Waals surface area contributed by atoms with E-state index in [1.807, 2.05) is 31.2 Å². The van der Waals surface area contributed by atoms with Gasteiger partial charge >= 0.3 is 0 Å². The monoisotopic (exact) mass is 434 g/mol. The Hall–Kier alpha value is -2.54. The second kappa shape index (κ2) is 9.41. The average molecular weight is 435 g/mol. The fraction of sp³-hybridized carbons (Fsp3) is 0.300. The normalized spacial score (nSPS) is 10.3. The molecule has 0 radical (unpaired) electrons. The van der Waals surface area contributed by atoms with Crippen molar-refractivity contribution in [1.82, 2.24) is 4.90 Å². The van der Waals surface area contributed by atoms with Crippen LogP contribution in [0.4, 0.5) is 5.69 Å². The van der Waals surface area contributed by atoms with Crippen LogP contribution in [0.3, 0.4) is 0 Å². The molecule has 2 aromatic rings. The molecule has 0 aliphatic rings. The lowest BCUT2D eigenvalue weighted by molar-refractivity contribution is -0.128. The largest absolute Gasteiger partial charge is 0.493 e. The third-order valence-corrected chi connectivity index (χ3v) is 4.58. The quantitative estimate of drug-likeness (QED) is 0.712. The number of carbonyl (C=O) groups excluding carboxylic acids is 2. The van der Waals surface area contributed by atoms with Crippen molar-refractivity contribution < 1.29 is 19.1 Å². The van der Waals surface area contributed by atoms with Crippen LogP contribution in [-0.4, -0.2) is 37.5 Å². The Morgan fingerprint density at radius 3 is 2.56 bits per heavy atom. The van der Waals surface area contributed by atoms with Gasteiger partial charge in [0.2, 0.25) is 5.91 Å². The molecular weight excluding hydrogens is 412 g/mol. The van der Waals surface area contributed by atoms with Crippen molar-refractivity contribution in [3.63, 3.8) is 0 Å². The third-order valence-electron chi connectivity index (χ3n) is 3.99. The first-order valence-corrected chi connectivity index (χ1v) is 9.28. The minimum absolute atomic E-state index is 0.0451. The number of para-hydroxylation sites is 1. The van der Waals surface area contributed by atoms with E-state index >= 15 is 0 Å². The zero-order valence-electron chi connectivity index (χ0n) is 15.8. The summed E-state index contributed by atoms with van der Waals surface area (Å²) >= 11 is 3.43. The summed E-state index contributed by atoms with van der Waals surface area (Å²) in [7, 11) is 3.24. The molecule has 0 saturated heterocycles. The fourth-order valence-corrected chi connectivity index (χ4v) is 3.03. The number of benzene rings is 2. The molecule has 0 aromatic heterocycles. The van der Waals surface area contributed by atoms with Crippen molar-refractivity contribution in [1.29, 1.82) is 0 Å². The Morgan fingerprint density at radius 2 is 1.93 bits per heavy atom. The number of anilines is 1. The van der Waals surface area contributed by atoms with Gasteiger partial charge in [0.05, 0.1) is 18.2 Å². The van der Waals surface area contributed by atoms with E-state index in [9.17, 15) is 9.59 Å². The van der Waals surface area contributed by atoms with E-state index in [1.54, 1.807) is 24.1 Å². The van der Waals surface area contributed by atoms with Crippen molar-refractivity contribution in [2.24, 2.45) is 0 Å². The number of hydrogen-bond donors (Lipinski definition) is 1. The second-order valence-electron chi connectivity index (χ2n) is 5.91. The molecule has 0 atom stereocenters. The maximum Gasteiger partial charge on any atom is 0.255 e. The highest BCUT2D eigenvalue weighted by Crippen LogP contribution is 2.37. The SMILES string of the molecule is CCOc1c(Br)cc(C(=O)Nc2ccccc2CN(C)C(C)=O)cc1OC. The molecule has 0 aliphatic carbocycles. The van der Waals surface area contributed by atoms with E-state index in [-0.39, 0.29) is 11.8 Å². The molecule has 6 nitrogen and oxygen atoms in total. The number of amides is 2. The van der Waals surface area contributed by atoms with Gasteiger partial charge in [0, 0.05) is 31.8 Å². The molecule has 0 heterocycles. The summed E-state index contributed by atoms with van der Waals surface area (Å²) in [6.45, 7) is 4.27. The van der Waals surface area contributed by atoms with Gasteiger partial charge in [-0.3, -0.25) is 9.59 Å². The van der Waals surface area contributed by atoms with Gasteiger partial charge in [-0.15, -0.1) is 0 Å². The first kappa shape index (κ1) is 20.8. The first-order valence-electron chi connectivity index (χ1n) is 8.48. The van der Waals surface area contributed by atoms with Crippen molar-refractivity contribution in [2.45, 2.75) is 20.4 Å². The minimum Gasteiger partial charge on any atom is -0.493 e. The summed E-state index contributed by atoms with van der Waals surface area (Å²) in [5.41, 5.74) is 1.93. The molecule has 1 N–H and O–H groups in total. The summed E-state index contributed by atoms with van der Waals surface area (Å²) in [5.74, 6) is 0.701. The number of rotatable bonds is 7. The van der Waals surface area contributed by atoms with Crippen LogP contribution in [0.5, 0.6) is 11.5 Å². The summed E-state index contributed by atoms with van der Waals surface area (Å²) < 4.78 is 11.5. The lowest BCUT2D eigenvalue weighted by Crippen LogP contribution is -2.24. The van der Waals surface area contributed by atoms with Gasteiger partial charge in [-0.25, -0.2) is 0 Å². The molecule has 2 aromatic carbocycles. The topological polar surface area (TPSA) is 67.9 Å². The number of nitrogens with zero attached hydrogens (tertiary/aromatic N) is 1. The number of hydrogen-bond acceptors (Lipinski definition) is 4. The van der Waals surface area contributed by atoms with Gasteiger partial charge in [0.25, 0.3) is 5.91 Å². The predicted molar refractivity (Wildman–Crippen MR) is 108 cm³/mol. The van der Waals surface area contributed by atoms with Crippen LogP contribution in [0.1, 0.15) is 29.8 Å². The fourth-order valence-electron chi connectivity index (χ4n) is 2.48. The average Bonchev–Trinajstić information content (AvgIpc) is 2.64. The van der Waals surface area contributed by atoms with Gasteiger partial charge in [-0.1, -0.05) is 18.2 Å². The molecule has 0 fully saturated rings. The molecule has 0 spiro atoms. The lowest BCUT2D eigenvalue weighted by Gasteiger charge is -2.18. The van der Waals surface area contributed by atoms with Gasteiger partial charge in [-0.05, 0) is 46.6 Å². The number of halogens is 1. The third kappa shape index (κ3) is 5.23. The predicted octanol–water partition coefficient (Wildman–Crippen LogP) is 4.09. The van der Waals surface area contributed by atoms with Crippen molar-refractivity contribution in [2.75, 3.05) is 26.1 Å². The highest BCUT2D eigenvalue weighted by Gasteiger charge is 2.17. The van der Waals surface area contributed by atoms with Gasteiger partial charge in [0.1, 0.15) is 0 Å². The molecule has 27 heavy (non-hydrogen) atoms. The van der Waals surface area contributed by atoms with Crippen molar-refractivity contribution in [3.8, 4) is 11.5 Å². The van der Waals surface area contributed by atoms with Crippen LogP contribution in [0.2, 0.25) is 0 Å². The smallest absolute Gasteiger partial charge is 0.255 e. The lowest BCUT2D eigenvalue weighted by atomic mass is 10.1. The summed E-state index contributed by atoms with van der Waals surface area (Å²) in [4.78, 5) is 25.9. The molecule has 0 saturated carbocycles. The van der Waals surface area contributed by atoms with Crippen molar-refractivity contribution >= 4 is 33.4 Å². The minimum atomic E-state index is -0.282. The maximum absolute atomic E-state index is 12.8. The molecule has 0 unspecified atom stereocenters. The number of methoxy groups -OCH3 is 1. The van der Waals surface area contributed by atoms with E-state index in [0.29, 0.717) is 40.4 Å². The summed E-state index contributed by atoms with van der Waals surface area (Å²) in [6, 6.07) is 10.7. The Kier molecular flexibility index (Phi) is 7.24. The Labute approximate surface area is 167 Å². The molecular formula is C20H23BrN2O4. The van der Waals surface area contributed by atoms with E-state index in [0.717, 1.165) is 5.56 Å².